The Labute approximate surface area is 136 Å². The van der Waals surface area contributed by atoms with E-state index in [-0.39, 0.29) is 12.3 Å². The second kappa shape index (κ2) is 10.6. The van der Waals surface area contributed by atoms with Crippen LogP contribution in [0.25, 0.3) is 0 Å². The van der Waals surface area contributed by atoms with Gasteiger partial charge in [0.05, 0.1) is 6.42 Å². The van der Waals surface area contributed by atoms with E-state index in [0.717, 1.165) is 19.3 Å². The molecule has 0 bridgehead atoms. The number of nitrogens with two attached hydrogens (primary N) is 1. The van der Waals surface area contributed by atoms with E-state index in [9.17, 15) is 14.4 Å². The van der Waals surface area contributed by atoms with Gasteiger partial charge < -0.3 is 21.5 Å². The third kappa shape index (κ3) is 8.77. The summed E-state index contributed by atoms with van der Waals surface area (Å²) in [7, 11) is 0. The van der Waals surface area contributed by atoms with Crippen molar-refractivity contribution in [2.24, 2.45) is 5.73 Å². The van der Waals surface area contributed by atoms with Gasteiger partial charge in [-0.25, -0.2) is 0 Å². The van der Waals surface area contributed by atoms with Gasteiger partial charge in [0.15, 0.2) is 0 Å². The van der Waals surface area contributed by atoms with Gasteiger partial charge in [-0.2, -0.15) is 0 Å². The molecule has 0 spiro atoms. The zero-order valence-electron chi connectivity index (χ0n) is 13.2. The van der Waals surface area contributed by atoms with Gasteiger partial charge in [-0.05, 0) is 25.7 Å². The average Bonchev–Trinajstić information content (AvgIpc) is 3.00. The van der Waals surface area contributed by atoms with Crippen LogP contribution in [0.4, 0.5) is 0 Å². The molecule has 5 N–H and O–H groups in total. The Morgan fingerprint density at radius 3 is 2.48 bits per heavy atom. The quantitative estimate of drug-likeness (QED) is 0.412. The van der Waals surface area contributed by atoms with Crippen LogP contribution in [0.2, 0.25) is 0 Å². The van der Waals surface area contributed by atoms with E-state index in [1.807, 2.05) is 6.08 Å². The number of allylic oxidation sites excluding steroid dienone is 4. The molecule has 0 saturated heterocycles. The molecule has 2 amide bonds. The summed E-state index contributed by atoms with van der Waals surface area (Å²) in [6.45, 7) is 0.859. The number of carboxylic acids is 1. The fourth-order valence-electron chi connectivity index (χ4n) is 2.14. The van der Waals surface area contributed by atoms with E-state index < -0.39 is 17.9 Å². The molecule has 23 heavy (non-hydrogen) atoms. The van der Waals surface area contributed by atoms with Gasteiger partial charge in [0.1, 0.15) is 6.04 Å². The van der Waals surface area contributed by atoms with Crippen LogP contribution in [0.3, 0.4) is 0 Å². The third-order valence-electron chi connectivity index (χ3n) is 3.47. The summed E-state index contributed by atoms with van der Waals surface area (Å²) in [4.78, 5) is 33.5. The summed E-state index contributed by atoms with van der Waals surface area (Å²) in [6.07, 6.45) is 9.85. The third-order valence-corrected chi connectivity index (χ3v) is 3.47. The number of hydrogen-bond donors (Lipinski definition) is 4. The Morgan fingerprint density at radius 1 is 1.17 bits per heavy atom. The Hall–Kier alpha value is -2.15. The molecule has 1 aliphatic carbocycles. The van der Waals surface area contributed by atoms with Crippen molar-refractivity contribution in [3.05, 3.63) is 23.8 Å². The summed E-state index contributed by atoms with van der Waals surface area (Å²) in [5, 5.41) is 14.0. The summed E-state index contributed by atoms with van der Waals surface area (Å²) >= 11 is 0. The van der Waals surface area contributed by atoms with Crippen molar-refractivity contribution in [1.29, 1.82) is 0 Å². The van der Waals surface area contributed by atoms with E-state index in [2.05, 4.69) is 22.8 Å². The highest BCUT2D eigenvalue weighted by Crippen LogP contribution is 2.16. The number of hydrogen-bond acceptors (Lipinski definition) is 4. The molecule has 0 heterocycles. The first kappa shape index (κ1) is 18.9. The highest BCUT2D eigenvalue weighted by Gasteiger charge is 2.15. The van der Waals surface area contributed by atoms with Gasteiger partial charge >= 0.3 is 5.97 Å². The minimum Gasteiger partial charge on any atom is -0.480 e. The lowest BCUT2D eigenvalue weighted by Crippen LogP contribution is -2.37. The second-order valence-corrected chi connectivity index (χ2v) is 5.51. The maximum atomic E-state index is 11.6. The Balaban J connectivity index is 1.96. The average molecular weight is 323 g/mol. The summed E-state index contributed by atoms with van der Waals surface area (Å²) in [5.41, 5.74) is 6.62. The summed E-state index contributed by atoms with van der Waals surface area (Å²) in [6, 6.07) is -1.18. The van der Waals surface area contributed by atoms with E-state index in [0.29, 0.717) is 25.9 Å². The first-order chi connectivity index (χ1) is 11.0. The molecule has 1 rings (SSSR count). The number of carbonyl (C=O) groups excluding carboxylic acids is 2. The molecule has 0 aliphatic heterocycles. The smallest absolute Gasteiger partial charge is 0.321 e. The standard InChI is InChI=1S/C16H25N3O4/c17-13(16(22)23)11-15(21)19-10-4-9-18-14(20)8-3-7-12-5-1-2-6-12/h1-2,5,13H,3-4,6-11,17H2,(H,18,20)(H,19,21)(H,22,23)/t13-/m0/s1. The van der Waals surface area contributed by atoms with Gasteiger partial charge in [-0.1, -0.05) is 23.8 Å². The van der Waals surface area contributed by atoms with E-state index in [1.165, 1.54) is 5.57 Å². The van der Waals surface area contributed by atoms with E-state index in [4.69, 9.17) is 10.8 Å². The monoisotopic (exact) mass is 323 g/mol. The van der Waals surface area contributed by atoms with E-state index in [1.54, 1.807) is 0 Å². The van der Waals surface area contributed by atoms with Crippen molar-refractivity contribution in [2.75, 3.05) is 13.1 Å². The maximum absolute atomic E-state index is 11.6. The van der Waals surface area contributed by atoms with Gasteiger partial charge in [0.25, 0.3) is 0 Å². The zero-order valence-corrected chi connectivity index (χ0v) is 13.2. The predicted octanol–water partition coefficient (Wildman–Crippen LogP) is 0.467. The van der Waals surface area contributed by atoms with Crippen molar-refractivity contribution in [3.8, 4) is 0 Å². The SMILES string of the molecule is N[C@@H](CC(=O)NCCCNC(=O)CCCC1=CC=CC1)C(=O)O. The van der Waals surface area contributed by atoms with Gasteiger partial charge in [-0.15, -0.1) is 0 Å². The van der Waals surface area contributed by atoms with Gasteiger partial charge in [-0.3, -0.25) is 14.4 Å². The molecular formula is C16H25N3O4. The molecule has 7 nitrogen and oxygen atoms in total. The Bertz CT molecular complexity index is 486. The largest absolute Gasteiger partial charge is 0.480 e. The van der Waals surface area contributed by atoms with Crippen LogP contribution in [0.1, 0.15) is 38.5 Å². The fraction of sp³-hybridized carbons (Fsp3) is 0.562. The molecule has 0 radical (unpaired) electrons. The van der Waals surface area contributed by atoms with Crippen molar-refractivity contribution >= 4 is 17.8 Å². The van der Waals surface area contributed by atoms with Crippen molar-refractivity contribution < 1.29 is 19.5 Å². The lowest BCUT2D eigenvalue weighted by atomic mass is 10.1. The van der Waals surface area contributed by atoms with Gasteiger partial charge in [0.2, 0.25) is 11.8 Å². The number of carbonyl (C=O) groups is 3. The molecule has 0 fully saturated rings. The van der Waals surface area contributed by atoms with Crippen LogP contribution < -0.4 is 16.4 Å². The van der Waals surface area contributed by atoms with Gasteiger partial charge in [0, 0.05) is 19.5 Å². The zero-order chi connectivity index (χ0) is 17.1. The van der Waals surface area contributed by atoms with Crippen LogP contribution in [0.5, 0.6) is 0 Å². The van der Waals surface area contributed by atoms with Crippen molar-refractivity contribution in [2.45, 2.75) is 44.6 Å². The molecule has 0 aromatic heterocycles. The topological polar surface area (TPSA) is 122 Å². The summed E-state index contributed by atoms with van der Waals surface area (Å²) in [5.74, 6) is -1.59. The first-order valence-electron chi connectivity index (χ1n) is 7.85. The molecule has 1 aliphatic rings. The lowest BCUT2D eigenvalue weighted by molar-refractivity contribution is -0.140. The molecular weight excluding hydrogens is 298 g/mol. The number of aliphatic carboxylic acids is 1. The number of nitrogens with one attached hydrogen (secondary N) is 2. The summed E-state index contributed by atoms with van der Waals surface area (Å²) < 4.78 is 0. The molecule has 128 valence electrons. The molecule has 1 atom stereocenters. The van der Waals surface area contributed by atoms with Crippen LogP contribution in [0.15, 0.2) is 23.8 Å². The second-order valence-electron chi connectivity index (χ2n) is 5.51. The highest BCUT2D eigenvalue weighted by molar-refractivity contribution is 5.84. The first-order valence-corrected chi connectivity index (χ1v) is 7.85. The molecule has 0 unspecified atom stereocenters. The molecule has 0 aromatic carbocycles. The van der Waals surface area contributed by atoms with E-state index >= 15 is 0 Å². The normalized spacial score (nSPS) is 14.2. The van der Waals surface area contributed by atoms with Crippen molar-refractivity contribution in [1.82, 2.24) is 10.6 Å². The van der Waals surface area contributed by atoms with Crippen LogP contribution >= 0.6 is 0 Å². The number of carboxylic acid groups (broad SMARTS) is 1. The molecule has 7 heteroatoms. The highest BCUT2D eigenvalue weighted by atomic mass is 16.4. The molecule has 0 saturated carbocycles. The van der Waals surface area contributed by atoms with Crippen LogP contribution in [0, 0.1) is 0 Å². The fourth-order valence-corrected chi connectivity index (χ4v) is 2.14. The minimum absolute atomic E-state index is 0.00998. The van der Waals surface area contributed by atoms with Crippen LogP contribution in [-0.4, -0.2) is 42.0 Å². The lowest BCUT2D eigenvalue weighted by Gasteiger charge is -2.08. The van der Waals surface area contributed by atoms with Crippen molar-refractivity contribution in [3.63, 3.8) is 0 Å². The maximum Gasteiger partial charge on any atom is 0.321 e. The minimum atomic E-state index is -1.20. The van der Waals surface area contributed by atoms with Crippen LogP contribution in [-0.2, 0) is 14.4 Å². The molecule has 0 aromatic rings. The predicted molar refractivity (Wildman–Crippen MR) is 86.6 cm³/mol. The number of amides is 2. The Morgan fingerprint density at radius 2 is 1.87 bits per heavy atom. The number of rotatable bonds is 11. The Kier molecular flexibility index (Phi) is 8.67.